The Morgan fingerprint density at radius 3 is 2.36 bits per heavy atom. The Kier molecular flexibility index (Phi) is 8.12. The third-order valence-corrected chi connectivity index (χ3v) is 11.2. The molecule has 3 atom stereocenters. The van der Waals surface area contributed by atoms with Gasteiger partial charge in [0.1, 0.15) is 11.8 Å². The van der Waals surface area contributed by atoms with E-state index in [2.05, 4.69) is 5.32 Å². The van der Waals surface area contributed by atoms with Gasteiger partial charge in [0, 0.05) is 28.6 Å². The SMILES string of the molecule is COc1cc([C@@H]2c3sc(=O)n(CC(=O)Nc4ccc(S(N)(=O)=O)cc4)c3S[C@@H]3C(=O)N(c4ccc([N+](=O)[O-])cc4)C(=O)[C@H]23)ccc1O. The molecular weight excluding hydrogens is 675 g/mol. The molecule has 18 heteroatoms. The van der Waals surface area contributed by atoms with Gasteiger partial charge in [0.25, 0.3) is 5.69 Å². The summed E-state index contributed by atoms with van der Waals surface area (Å²) in [5.74, 6) is -3.76. The van der Waals surface area contributed by atoms with Crippen LogP contribution in [0, 0.1) is 16.0 Å². The van der Waals surface area contributed by atoms with Crippen molar-refractivity contribution in [3.63, 3.8) is 0 Å². The van der Waals surface area contributed by atoms with Crippen molar-refractivity contribution in [3.05, 3.63) is 97.0 Å². The summed E-state index contributed by atoms with van der Waals surface area (Å²) in [6.45, 7) is -0.466. The third-order valence-electron chi connectivity index (χ3n) is 7.70. The Bertz CT molecular complexity index is 2130. The number of benzene rings is 3. The van der Waals surface area contributed by atoms with Crippen LogP contribution in [0.2, 0.25) is 0 Å². The van der Waals surface area contributed by atoms with Gasteiger partial charge < -0.3 is 15.2 Å². The van der Waals surface area contributed by atoms with E-state index in [1.54, 1.807) is 6.07 Å². The highest BCUT2D eigenvalue weighted by molar-refractivity contribution is 8.00. The van der Waals surface area contributed by atoms with Crippen LogP contribution in [0.3, 0.4) is 0 Å². The molecule has 242 valence electrons. The molecule has 2 aliphatic heterocycles. The van der Waals surface area contributed by atoms with E-state index in [4.69, 9.17) is 9.88 Å². The molecular formula is C29H23N5O10S3. The van der Waals surface area contributed by atoms with Crippen molar-refractivity contribution >= 4 is 67.9 Å². The number of thiazole rings is 1. The van der Waals surface area contributed by atoms with Crippen LogP contribution >= 0.6 is 23.1 Å². The van der Waals surface area contributed by atoms with Crippen LogP contribution in [0.25, 0.3) is 0 Å². The minimum atomic E-state index is -3.95. The van der Waals surface area contributed by atoms with Crippen molar-refractivity contribution in [2.45, 2.75) is 27.6 Å². The molecule has 4 N–H and O–H groups in total. The van der Waals surface area contributed by atoms with E-state index in [0.717, 1.165) is 28.0 Å². The fourth-order valence-corrected chi connectivity index (χ4v) is 8.84. The Hall–Kier alpha value is -5.04. The van der Waals surface area contributed by atoms with Crippen molar-refractivity contribution in [1.82, 2.24) is 4.57 Å². The molecule has 3 aromatic carbocycles. The number of ether oxygens (including phenoxy) is 1. The molecule has 6 rings (SSSR count). The van der Waals surface area contributed by atoms with E-state index in [9.17, 15) is 42.8 Å². The van der Waals surface area contributed by atoms with Gasteiger partial charge >= 0.3 is 4.87 Å². The quantitative estimate of drug-likeness (QED) is 0.138. The number of primary sulfonamides is 1. The topological polar surface area (TPSA) is 221 Å². The number of carbonyl (C=O) groups excluding carboxylic acids is 3. The molecule has 3 amide bonds. The number of rotatable bonds is 8. The number of nitro groups is 1. The van der Waals surface area contributed by atoms with Crippen LogP contribution < -0.4 is 25.0 Å². The fraction of sp³-hybridized carbons (Fsp3) is 0.172. The van der Waals surface area contributed by atoms with E-state index < -0.39 is 61.2 Å². The summed E-state index contributed by atoms with van der Waals surface area (Å²) in [4.78, 5) is 65.7. The molecule has 3 heterocycles. The molecule has 0 aliphatic carbocycles. The summed E-state index contributed by atoms with van der Waals surface area (Å²) in [5.41, 5.74) is 0.627. The number of imide groups is 1. The zero-order chi connectivity index (χ0) is 33.8. The maximum absolute atomic E-state index is 14.0. The number of methoxy groups -OCH3 is 1. The van der Waals surface area contributed by atoms with Crippen molar-refractivity contribution in [2.75, 3.05) is 17.3 Å². The van der Waals surface area contributed by atoms with Gasteiger partial charge in [0.15, 0.2) is 11.5 Å². The van der Waals surface area contributed by atoms with Gasteiger partial charge in [-0.15, -0.1) is 0 Å². The van der Waals surface area contributed by atoms with Gasteiger partial charge in [-0.25, -0.2) is 18.5 Å². The van der Waals surface area contributed by atoms with E-state index in [1.807, 2.05) is 0 Å². The first kappa shape index (κ1) is 31.9. The Balaban J connectivity index is 1.39. The molecule has 4 aromatic rings. The smallest absolute Gasteiger partial charge is 0.308 e. The zero-order valence-corrected chi connectivity index (χ0v) is 26.5. The summed E-state index contributed by atoms with van der Waals surface area (Å²) in [5, 5.41) is 28.4. The lowest BCUT2D eigenvalue weighted by Gasteiger charge is -2.31. The van der Waals surface area contributed by atoms with Crippen molar-refractivity contribution in [2.24, 2.45) is 11.1 Å². The summed E-state index contributed by atoms with van der Waals surface area (Å²) >= 11 is 1.78. The van der Waals surface area contributed by atoms with Gasteiger partial charge in [-0.3, -0.25) is 33.9 Å². The van der Waals surface area contributed by atoms with Crippen molar-refractivity contribution in [1.29, 1.82) is 0 Å². The molecule has 1 saturated heterocycles. The van der Waals surface area contributed by atoms with Gasteiger partial charge in [-0.2, -0.15) is 0 Å². The second kappa shape index (κ2) is 12.0. The number of sulfonamides is 1. The number of nitro benzene ring substituents is 1. The van der Waals surface area contributed by atoms with Gasteiger partial charge in [-0.1, -0.05) is 29.2 Å². The highest BCUT2D eigenvalue weighted by Crippen LogP contribution is 2.54. The minimum Gasteiger partial charge on any atom is -0.504 e. The predicted molar refractivity (Wildman–Crippen MR) is 170 cm³/mol. The number of nitrogens with one attached hydrogen (secondary N) is 1. The fourth-order valence-electron chi connectivity index (χ4n) is 5.55. The number of phenolic OH excluding ortho intramolecular Hbond substituents is 1. The normalized spacial score (nSPS) is 18.9. The number of phenols is 1. The number of hydrogen-bond acceptors (Lipinski definition) is 12. The van der Waals surface area contributed by atoms with E-state index in [1.165, 1.54) is 72.3 Å². The number of anilines is 2. The van der Waals surface area contributed by atoms with Crippen LogP contribution in [0.5, 0.6) is 11.5 Å². The average Bonchev–Trinajstić information content (AvgIpc) is 3.47. The number of nitrogens with zero attached hydrogens (tertiary/aromatic N) is 3. The van der Waals surface area contributed by atoms with Gasteiger partial charge in [-0.05, 0) is 54.1 Å². The standard InChI is InChI=1S/C29H23N5O10S3/c1-44-20-12-14(2-11-19(20)35)22-23-24(27(38)33(26(23)37)16-5-7-17(8-6-16)34(40)41)45-28-25(22)46-29(39)32(28)13-21(36)31-15-3-9-18(10-4-15)47(30,42)43/h2-12,22-24,35H,13H2,1H3,(H,31,36)(H2,30,42,43)/t22-,23+,24-/m0/s1. The molecule has 0 unspecified atom stereocenters. The first-order valence-corrected chi connectivity index (χ1v) is 16.8. The lowest BCUT2D eigenvalue weighted by molar-refractivity contribution is -0.384. The van der Waals surface area contributed by atoms with Gasteiger partial charge in [0.2, 0.25) is 27.7 Å². The van der Waals surface area contributed by atoms with Crippen molar-refractivity contribution < 1.29 is 37.6 Å². The lowest BCUT2D eigenvalue weighted by Crippen LogP contribution is -2.33. The molecule has 1 aromatic heterocycles. The Labute approximate surface area is 273 Å². The maximum Gasteiger partial charge on any atom is 0.308 e. The number of nitrogens with two attached hydrogens (primary N) is 1. The zero-order valence-electron chi connectivity index (χ0n) is 24.1. The molecule has 47 heavy (non-hydrogen) atoms. The predicted octanol–water partition coefficient (Wildman–Crippen LogP) is 2.61. The van der Waals surface area contributed by atoms with Crippen molar-refractivity contribution in [3.8, 4) is 11.5 Å². The van der Waals surface area contributed by atoms with Gasteiger partial charge in [0.05, 0.1) is 33.6 Å². The average molecular weight is 698 g/mol. The summed E-state index contributed by atoms with van der Waals surface area (Å²) in [7, 11) is -2.60. The summed E-state index contributed by atoms with van der Waals surface area (Å²) < 4.78 is 29.6. The number of thioether (sulfide) groups is 1. The molecule has 0 saturated carbocycles. The first-order valence-electron chi connectivity index (χ1n) is 13.6. The number of amides is 3. The van der Waals surface area contributed by atoms with Crippen LogP contribution in [0.15, 0.2) is 81.4 Å². The van der Waals surface area contributed by atoms with E-state index in [-0.39, 0.29) is 33.5 Å². The monoisotopic (exact) mass is 697 g/mol. The highest BCUT2D eigenvalue weighted by Gasteiger charge is 2.57. The second-order valence-corrected chi connectivity index (χ2v) is 14.2. The molecule has 0 spiro atoms. The van der Waals surface area contributed by atoms with Crippen LogP contribution in [0.4, 0.5) is 17.1 Å². The van der Waals surface area contributed by atoms with Crippen LogP contribution in [0.1, 0.15) is 16.4 Å². The number of hydrogen-bond donors (Lipinski definition) is 3. The molecule has 0 radical (unpaired) electrons. The highest BCUT2D eigenvalue weighted by atomic mass is 32.2. The number of aromatic nitrogens is 1. The molecule has 2 aliphatic rings. The Morgan fingerprint density at radius 1 is 1.06 bits per heavy atom. The van der Waals surface area contributed by atoms with Crippen LogP contribution in [-0.4, -0.2) is 53.1 Å². The largest absolute Gasteiger partial charge is 0.504 e. The number of aromatic hydroxyl groups is 1. The third kappa shape index (κ3) is 5.75. The lowest BCUT2D eigenvalue weighted by atomic mass is 9.83. The molecule has 0 bridgehead atoms. The van der Waals surface area contributed by atoms with Crippen LogP contribution in [-0.2, 0) is 31.0 Å². The molecule has 15 nitrogen and oxygen atoms in total. The Morgan fingerprint density at radius 2 is 1.74 bits per heavy atom. The second-order valence-electron chi connectivity index (χ2n) is 10.5. The summed E-state index contributed by atoms with van der Waals surface area (Å²) in [6.07, 6.45) is 0. The number of carbonyl (C=O) groups is 3. The summed E-state index contributed by atoms with van der Waals surface area (Å²) in [6, 6.07) is 14.5. The maximum atomic E-state index is 14.0. The number of fused-ring (bicyclic) bond motifs is 2. The minimum absolute atomic E-state index is 0.0995. The van der Waals surface area contributed by atoms with E-state index in [0.29, 0.717) is 15.5 Å². The van der Waals surface area contributed by atoms with E-state index >= 15 is 0 Å². The first-order chi connectivity index (χ1) is 22.3. The molecule has 1 fully saturated rings. The number of non-ortho nitro benzene ring substituents is 1.